The van der Waals surface area contributed by atoms with Crippen molar-refractivity contribution in [2.24, 2.45) is 5.92 Å². The Labute approximate surface area is 102 Å². The monoisotopic (exact) mass is 286 g/mol. The fourth-order valence-electron chi connectivity index (χ4n) is 1.47. The highest BCUT2D eigenvalue weighted by atomic mass is 79.9. The molecule has 86 valence electrons. The highest BCUT2D eigenvalue weighted by molar-refractivity contribution is 9.09. The van der Waals surface area contributed by atoms with Crippen LogP contribution in [0.4, 0.5) is 4.39 Å². The molecule has 2 rings (SSSR count). The zero-order valence-electron chi connectivity index (χ0n) is 8.62. The van der Waals surface area contributed by atoms with Crippen molar-refractivity contribution in [1.29, 1.82) is 0 Å². The summed E-state index contributed by atoms with van der Waals surface area (Å²) in [6, 6.07) is 1.38. The van der Waals surface area contributed by atoms with Gasteiger partial charge in [-0.3, -0.25) is 9.78 Å². The van der Waals surface area contributed by atoms with Gasteiger partial charge in [-0.25, -0.2) is 4.39 Å². The number of rotatable bonds is 4. The third-order valence-electron chi connectivity index (χ3n) is 2.61. The number of aromatic nitrogens is 1. The first-order chi connectivity index (χ1) is 7.68. The Kier molecular flexibility index (Phi) is 3.53. The molecule has 0 saturated heterocycles. The summed E-state index contributed by atoms with van der Waals surface area (Å²) in [4.78, 5) is 15.5. The highest BCUT2D eigenvalue weighted by Crippen LogP contribution is 2.36. The fraction of sp³-hybridized carbons (Fsp3) is 0.455. The van der Waals surface area contributed by atoms with Crippen LogP contribution in [-0.4, -0.2) is 22.3 Å². The average Bonchev–Trinajstić information content (AvgIpc) is 3.10. The highest BCUT2D eigenvalue weighted by Gasteiger charge is 2.29. The lowest BCUT2D eigenvalue weighted by molar-refractivity contribution is 0.0949. The molecule has 1 aromatic heterocycles. The van der Waals surface area contributed by atoms with Crippen LogP contribution in [0.3, 0.4) is 0 Å². The van der Waals surface area contributed by atoms with Gasteiger partial charge in [-0.1, -0.05) is 15.9 Å². The van der Waals surface area contributed by atoms with Crippen LogP contribution < -0.4 is 5.32 Å². The van der Waals surface area contributed by atoms with Crippen LogP contribution in [0.25, 0.3) is 0 Å². The van der Waals surface area contributed by atoms with Gasteiger partial charge in [0.1, 0.15) is 0 Å². The lowest BCUT2D eigenvalue weighted by Crippen LogP contribution is -2.31. The van der Waals surface area contributed by atoms with E-state index in [0.29, 0.717) is 17.3 Å². The van der Waals surface area contributed by atoms with Crippen molar-refractivity contribution in [2.75, 3.05) is 6.54 Å². The predicted octanol–water partition coefficient (Wildman–Crippen LogP) is 2.12. The zero-order chi connectivity index (χ0) is 11.5. The quantitative estimate of drug-likeness (QED) is 0.862. The number of carbonyl (C=O) groups is 1. The molecule has 3 nitrogen and oxygen atoms in total. The maximum Gasteiger partial charge on any atom is 0.254 e. The van der Waals surface area contributed by atoms with E-state index in [-0.39, 0.29) is 11.5 Å². The molecule has 5 heteroatoms. The molecular formula is C11H12BrFN2O. The van der Waals surface area contributed by atoms with E-state index in [2.05, 4.69) is 26.2 Å². The zero-order valence-corrected chi connectivity index (χ0v) is 10.2. The Morgan fingerprint density at radius 2 is 2.44 bits per heavy atom. The van der Waals surface area contributed by atoms with E-state index in [1.807, 2.05) is 0 Å². The smallest absolute Gasteiger partial charge is 0.254 e. The second-order valence-corrected chi connectivity index (χ2v) is 5.10. The van der Waals surface area contributed by atoms with Crippen LogP contribution in [-0.2, 0) is 0 Å². The van der Waals surface area contributed by atoms with Crippen molar-refractivity contribution in [2.45, 2.75) is 17.7 Å². The summed E-state index contributed by atoms with van der Waals surface area (Å²) in [5, 5.41) is 2.71. The Bertz CT molecular complexity index is 395. The van der Waals surface area contributed by atoms with Gasteiger partial charge < -0.3 is 5.32 Å². The van der Waals surface area contributed by atoms with E-state index in [1.165, 1.54) is 25.1 Å². The molecule has 16 heavy (non-hydrogen) atoms. The lowest BCUT2D eigenvalue weighted by atomic mass is 10.2. The normalized spacial score (nSPS) is 16.9. The minimum absolute atomic E-state index is 0.0468. The van der Waals surface area contributed by atoms with E-state index >= 15 is 0 Å². The standard InChI is InChI=1S/C11H12BrFN2O/c12-9(7-1-2-7)5-15-11(16)8-3-4-14-6-10(8)13/h3-4,6-7,9H,1-2,5H2,(H,15,16). The molecule has 1 unspecified atom stereocenters. The third-order valence-corrected chi connectivity index (χ3v) is 3.68. The summed E-state index contributed by atoms with van der Waals surface area (Å²) in [6.45, 7) is 0.533. The molecule has 0 aromatic carbocycles. The first-order valence-corrected chi connectivity index (χ1v) is 6.12. The molecular weight excluding hydrogens is 275 g/mol. The molecule has 1 N–H and O–H groups in total. The van der Waals surface area contributed by atoms with Crippen LogP contribution in [0.15, 0.2) is 18.5 Å². The molecule has 1 fully saturated rings. The number of carbonyl (C=O) groups excluding carboxylic acids is 1. The summed E-state index contributed by atoms with van der Waals surface area (Å²) in [6.07, 6.45) is 4.86. The molecule has 1 amide bonds. The number of hydrogen-bond acceptors (Lipinski definition) is 2. The molecule has 0 spiro atoms. The van der Waals surface area contributed by atoms with Crippen LogP contribution in [0, 0.1) is 11.7 Å². The van der Waals surface area contributed by atoms with E-state index in [0.717, 1.165) is 6.20 Å². The van der Waals surface area contributed by atoms with Gasteiger partial charge in [0.25, 0.3) is 5.91 Å². The first-order valence-electron chi connectivity index (χ1n) is 5.20. The van der Waals surface area contributed by atoms with Crippen molar-refractivity contribution in [3.8, 4) is 0 Å². The Hall–Kier alpha value is -0.970. The summed E-state index contributed by atoms with van der Waals surface area (Å²) in [5.41, 5.74) is 0.0468. The van der Waals surface area contributed by atoms with Gasteiger partial charge in [0.2, 0.25) is 0 Å². The van der Waals surface area contributed by atoms with Crippen LogP contribution in [0.1, 0.15) is 23.2 Å². The molecule has 0 aliphatic heterocycles. The number of halogens is 2. The van der Waals surface area contributed by atoms with Crippen LogP contribution in [0.5, 0.6) is 0 Å². The number of alkyl halides is 1. The second kappa shape index (κ2) is 4.91. The lowest BCUT2D eigenvalue weighted by Gasteiger charge is -2.10. The van der Waals surface area contributed by atoms with E-state index in [1.54, 1.807) is 0 Å². The number of hydrogen-bond donors (Lipinski definition) is 1. The molecule has 0 radical (unpaired) electrons. The first kappa shape index (κ1) is 11.5. The van der Waals surface area contributed by atoms with Crippen molar-refractivity contribution in [1.82, 2.24) is 10.3 Å². The van der Waals surface area contributed by atoms with Crippen molar-refractivity contribution in [3.63, 3.8) is 0 Å². The minimum atomic E-state index is -0.586. The molecule has 1 aliphatic rings. The molecule has 1 aliphatic carbocycles. The molecule has 1 aromatic rings. The maximum absolute atomic E-state index is 13.2. The van der Waals surface area contributed by atoms with Gasteiger partial charge in [-0.05, 0) is 24.8 Å². The van der Waals surface area contributed by atoms with Gasteiger partial charge in [0.15, 0.2) is 5.82 Å². The summed E-state index contributed by atoms with van der Waals surface area (Å²) in [5.74, 6) is -0.315. The Morgan fingerprint density at radius 1 is 1.69 bits per heavy atom. The Morgan fingerprint density at radius 3 is 3.06 bits per heavy atom. The van der Waals surface area contributed by atoms with Crippen molar-refractivity contribution in [3.05, 3.63) is 29.8 Å². The fourth-order valence-corrected chi connectivity index (χ4v) is 2.16. The third kappa shape index (κ3) is 2.78. The van der Waals surface area contributed by atoms with Crippen LogP contribution >= 0.6 is 15.9 Å². The SMILES string of the molecule is O=C(NCC(Br)C1CC1)c1ccncc1F. The van der Waals surface area contributed by atoms with Gasteiger partial charge in [0.05, 0.1) is 11.8 Å². The molecule has 0 bridgehead atoms. The summed E-state index contributed by atoms with van der Waals surface area (Å²) < 4.78 is 13.2. The average molecular weight is 287 g/mol. The largest absolute Gasteiger partial charge is 0.351 e. The van der Waals surface area contributed by atoms with Crippen molar-refractivity contribution >= 4 is 21.8 Å². The van der Waals surface area contributed by atoms with E-state index < -0.39 is 5.82 Å². The summed E-state index contributed by atoms with van der Waals surface area (Å²) in [7, 11) is 0. The maximum atomic E-state index is 13.2. The van der Waals surface area contributed by atoms with Crippen LogP contribution in [0.2, 0.25) is 0 Å². The van der Waals surface area contributed by atoms with E-state index in [4.69, 9.17) is 0 Å². The topological polar surface area (TPSA) is 42.0 Å². The number of pyridine rings is 1. The van der Waals surface area contributed by atoms with E-state index in [9.17, 15) is 9.18 Å². The van der Waals surface area contributed by atoms with Gasteiger partial charge in [0, 0.05) is 17.6 Å². The molecule has 1 saturated carbocycles. The predicted molar refractivity (Wildman–Crippen MR) is 62.0 cm³/mol. The molecule has 1 atom stereocenters. The number of amides is 1. The molecule has 1 heterocycles. The summed E-state index contributed by atoms with van der Waals surface area (Å²) >= 11 is 3.50. The number of nitrogens with one attached hydrogen (secondary N) is 1. The Balaban J connectivity index is 1.90. The second-order valence-electron chi connectivity index (χ2n) is 3.92. The van der Waals surface area contributed by atoms with Gasteiger partial charge in [-0.2, -0.15) is 0 Å². The van der Waals surface area contributed by atoms with Gasteiger partial charge in [-0.15, -0.1) is 0 Å². The number of nitrogens with zero attached hydrogens (tertiary/aromatic N) is 1. The van der Waals surface area contributed by atoms with Crippen molar-refractivity contribution < 1.29 is 9.18 Å². The minimum Gasteiger partial charge on any atom is -0.351 e. The van der Waals surface area contributed by atoms with Gasteiger partial charge >= 0.3 is 0 Å².